The maximum atomic E-state index is 10.9. The van der Waals surface area contributed by atoms with Crippen LogP contribution >= 0.6 is 22.6 Å². The van der Waals surface area contributed by atoms with E-state index in [0.29, 0.717) is 6.42 Å². The zero-order valence-corrected chi connectivity index (χ0v) is 9.98. The highest BCUT2D eigenvalue weighted by Crippen LogP contribution is 2.20. The summed E-state index contributed by atoms with van der Waals surface area (Å²) < 4.78 is 0.774. The molecule has 0 aliphatic heterocycles. The lowest BCUT2D eigenvalue weighted by Crippen LogP contribution is -2.30. The summed E-state index contributed by atoms with van der Waals surface area (Å²) in [4.78, 5) is 10.9. The number of nitrogens with two attached hydrogens (primary N) is 1. The average molecular weight is 305 g/mol. The van der Waals surface area contributed by atoms with Gasteiger partial charge in [0.25, 0.3) is 0 Å². The molecule has 0 heterocycles. The summed E-state index contributed by atoms with van der Waals surface area (Å²) in [5.74, 6) is 0.235. The second kappa shape index (κ2) is 4.75. The number of halogens is 1. The van der Waals surface area contributed by atoms with E-state index in [1.165, 1.54) is 6.92 Å². The van der Waals surface area contributed by atoms with E-state index in [9.17, 15) is 9.90 Å². The summed E-state index contributed by atoms with van der Waals surface area (Å²) in [5, 5.41) is 9.28. The molecule has 76 valence electrons. The molecule has 1 rings (SSSR count). The predicted molar refractivity (Wildman–Crippen MR) is 63.2 cm³/mol. The molecule has 3 nitrogen and oxygen atoms in total. The first-order chi connectivity index (χ1) is 6.50. The quantitative estimate of drug-likeness (QED) is 0.831. The highest BCUT2D eigenvalue weighted by molar-refractivity contribution is 14.1. The monoisotopic (exact) mass is 305 g/mol. The van der Waals surface area contributed by atoms with Gasteiger partial charge in [-0.1, -0.05) is 6.07 Å². The first-order valence-electron chi connectivity index (χ1n) is 4.24. The average Bonchev–Trinajstić information content (AvgIpc) is 2.11. The fourth-order valence-corrected chi connectivity index (χ4v) is 1.65. The van der Waals surface area contributed by atoms with Crippen molar-refractivity contribution in [2.24, 2.45) is 5.73 Å². The summed E-state index contributed by atoms with van der Waals surface area (Å²) in [7, 11) is 0. The molecule has 0 unspecified atom stereocenters. The predicted octanol–water partition coefficient (Wildman–Crippen LogP) is 1.46. The zero-order valence-electron chi connectivity index (χ0n) is 7.83. The SMILES string of the molecule is CC(=O)[C@@H](N)Cc1ccc(O)c(I)c1. The van der Waals surface area contributed by atoms with Crippen molar-refractivity contribution in [3.63, 3.8) is 0 Å². The van der Waals surface area contributed by atoms with Gasteiger partial charge in [-0.2, -0.15) is 0 Å². The van der Waals surface area contributed by atoms with E-state index in [1.807, 2.05) is 28.7 Å². The molecule has 0 aromatic heterocycles. The largest absolute Gasteiger partial charge is 0.507 e. The van der Waals surface area contributed by atoms with E-state index < -0.39 is 6.04 Å². The van der Waals surface area contributed by atoms with Crippen molar-refractivity contribution in [3.05, 3.63) is 27.3 Å². The van der Waals surface area contributed by atoms with Crippen molar-refractivity contribution in [1.82, 2.24) is 0 Å². The highest BCUT2D eigenvalue weighted by Gasteiger charge is 2.09. The molecule has 0 fully saturated rings. The minimum absolute atomic E-state index is 0.0203. The van der Waals surface area contributed by atoms with Crippen LogP contribution in [-0.4, -0.2) is 16.9 Å². The second-order valence-electron chi connectivity index (χ2n) is 3.21. The molecular formula is C10H12INO2. The van der Waals surface area contributed by atoms with Gasteiger partial charge in [0, 0.05) is 0 Å². The summed E-state index contributed by atoms with van der Waals surface area (Å²) >= 11 is 2.04. The van der Waals surface area contributed by atoms with Crippen molar-refractivity contribution in [2.75, 3.05) is 0 Å². The number of benzene rings is 1. The Balaban J connectivity index is 2.78. The van der Waals surface area contributed by atoms with Crippen molar-refractivity contribution in [1.29, 1.82) is 0 Å². The van der Waals surface area contributed by atoms with E-state index in [1.54, 1.807) is 12.1 Å². The van der Waals surface area contributed by atoms with E-state index >= 15 is 0 Å². The molecule has 3 N–H and O–H groups in total. The zero-order chi connectivity index (χ0) is 10.7. The Morgan fingerprint density at radius 3 is 2.79 bits per heavy atom. The van der Waals surface area contributed by atoms with Crippen LogP contribution in [0.15, 0.2) is 18.2 Å². The minimum atomic E-state index is -0.449. The molecule has 0 amide bonds. The Labute approximate surface area is 96.4 Å². The number of hydrogen-bond acceptors (Lipinski definition) is 3. The fourth-order valence-electron chi connectivity index (χ4n) is 1.08. The smallest absolute Gasteiger partial charge is 0.146 e. The molecule has 0 saturated heterocycles. The number of carbonyl (C=O) groups is 1. The molecule has 0 spiro atoms. The third kappa shape index (κ3) is 2.95. The maximum absolute atomic E-state index is 10.9. The molecule has 14 heavy (non-hydrogen) atoms. The van der Waals surface area contributed by atoms with Crippen LogP contribution in [0.3, 0.4) is 0 Å². The summed E-state index contributed by atoms with van der Waals surface area (Å²) in [6, 6.07) is 4.78. The van der Waals surface area contributed by atoms with Gasteiger partial charge < -0.3 is 10.8 Å². The molecule has 0 radical (unpaired) electrons. The van der Waals surface area contributed by atoms with E-state index in [2.05, 4.69) is 0 Å². The topological polar surface area (TPSA) is 63.3 Å². The molecule has 0 aliphatic carbocycles. The normalized spacial score (nSPS) is 12.5. The number of carbonyl (C=O) groups excluding carboxylic acids is 1. The summed E-state index contributed by atoms with van der Waals surface area (Å²) in [6.07, 6.45) is 0.519. The molecule has 0 saturated carbocycles. The Morgan fingerprint density at radius 2 is 2.29 bits per heavy atom. The number of phenolic OH excluding ortho intramolecular Hbond substituents is 1. The number of aromatic hydroxyl groups is 1. The van der Waals surface area contributed by atoms with Crippen LogP contribution in [0.5, 0.6) is 5.75 Å². The van der Waals surface area contributed by atoms with Crippen LogP contribution < -0.4 is 5.73 Å². The standard InChI is InChI=1S/C10H12INO2/c1-6(13)9(12)5-7-2-3-10(14)8(11)4-7/h2-4,9,14H,5,12H2,1H3/t9-/m0/s1. The van der Waals surface area contributed by atoms with Gasteiger partial charge >= 0.3 is 0 Å². The lowest BCUT2D eigenvalue weighted by molar-refractivity contribution is -0.118. The Morgan fingerprint density at radius 1 is 1.64 bits per heavy atom. The van der Waals surface area contributed by atoms with Gasteiger partial charge in [-0.15, -0.1) is 0 Å². The molecule has 0 aliphatic rings. The first-order valence-corrected chi connectivity index (χ1v) is 5.32. The lowest BCUT2D eigenvalue weighted by Gasteiger charge is -2.08. The Hall–Kier alpha value is -0.620. The van der Waals surface area contributed by atoms with E-state index in [0.717, 1.165) is 9.13 Å². The van der Waals surface area contributed by atoms with Crippen LogP contribution in [0.4, 0.5) is 0 Å². The Kier molecular flexibility index (Phi) is 3.88. The van der Waals surface area contributed by atoms with Gasteiger partial charge in [-0.3, -0.25) is 4.79 Å². The lowest BCUT2D eigenvalue weighted by atomic mass is 10.0. The molecular weight excluding hydrogens is 293 g/mol. The number of phenols is 1. The summed E-state index contributed by atoms with van der Waals surface area (Å²) in [5.41, 5.74) is 6.59. The van der Waals surface area contributed by atoms with Gasteiger partial charge in [0.2, 0.25) is 0 Å². The third-order valence-electron chi connectivity index (χ3n) is 1.99. The molecule has 1 atom stereocenters. The van der Waals surface area contributed by atoms with Crippen LogP contribution in [0.1, 0.15) is 12.5 Å². The van der Waals surface area contributed by atoms with Gasteiger partial charge in [-0.25, -0.2) is 0 Å². The fraction of sp³-hybridized carbons (Fsp3) is 0.300. The van der Waals surface area contributed by atoms with Gasteiger partial charge in [0.05, 0.1) is 9.61 Å². The number of ketones is 1. The van der Waals surface area contributed by atoms with Crippen molar-refractivity contribution < 1.29 is 9.90 Å². The second-order valence-corrected chi connectivity index (χ2v) is 4.37. The van der Waals surface area contributed by atoms with Crippen LogP contribution in [0.2, 0.25) is 0 Å². The van der Waals surface area contributed by atoms with E-state index in [4.69, 9.17) is 5.73 Å². The Bertz CT molecular complexity index is 352. The van der Waals surface area contributed by atoms with Gasteiger partial charge in [0.15, 0.2) is 0 Å². The van der Waals surface area contributed by atoms with Crippen molar-refractivity contribution in [2.45, 2.75) is 19.4 Å². The number of rotatable bonds is 3. The number of hydrogen-bond donors (Lipinski definition) is 2. The first kappa shape index (κ1) is 11.5. The molecule has 1 aromatic rings. The minimum Gasteiger partial charge on any atom is -0.507 e. The third-order valence-corrected chi connectivity index (χ3v) is 2.85. The van der Waals surface area contributed by atoms with Crippen LogP contribution in [0.25, 0.3) is 0 Å². The van der Waals surface area contributed by atoms with Crippen LogP contribution in [-0.2, 0) is 11.2 Å². The van der Waals surface area contributed by atoms with E-state index in [-0.39, 0.29) is 11.5 Å². The van der Waals surface area contributed by atoms with Gasteiger partial charge in [0.1, 0.15) is 11.5 Å². The van der Waals surface area contributed by atoms with Crippen molar-refractivity contribution in [3.8, 4) is 5.75 Å². The molecule has 0 bridgehead atoms. The number of Topliss-reactive ketones (excluding diaryl/α,β-unsaturated/α-hetero) is 1. The highest BCUT2D eigenvalue weighted by atomic mass is 127. The molecule has 4 heteroatoms. The maximum Gasteiger partial charge on any atom is 0.146 e. The van der Waals surface area contributed by atoms with Crippen LogP contribution in [0, 0.1) is 3.57 Å². The summed E-state index contributed by atoms with van der Waals surface area (Å²) in [6.45, 7) is 1.48. The van der Waals surface area contributed by atoms with Crippen molar-refractivity contribution >= 4 is 28.4 Å². The molecule has 1 aromatic carbocycles. The van der Waals surface area contributed by atoms with Gasteiger partial charge in [-0.05, 0) is 53.6 Å².